The molecule has 0 saturated carbocycles. The van der Waals surface area contributed by atoms with Crippen LogP contribution in [0.5, 0.6) is 0 Å². The van der Waals surface area contributed by atoms with E-state index in [1.165, 1.54) is 12.8 Å². The fraction of sp³-hybridized carbons (Fsp3) is 0.600. The number of likely N-dealkylation sites (tertiary alicyclic amines) is 1. The van der Waals surface area contributed by atoms with Crippen LogP contribution in [0.1, 0.15) is 36.2 Å². The Morgan fingerprint density at radius 1 is 1.19 bits per heavy atom. The van der Waals surface area contributed by atoms with Crippen LogP contribution in [0.25, 0.3) is 0 Å². The first-order chi connectivity index (χ1) is 9.34. The molecule has 0 spiro atoms. The van der Waals surface area contributed by atoms with Crippen molar-refractivity contribution in [3.63, 3.8) is 0 Å². The van der Waals surface area contributed by atoms with Crippen LogP contribution < -0.4 is 5.32 Å². The Bertz CT molecular complexity index is 430. The van der Waals surface area contributed by atoms with Gasteiger partial charge in [0.15, 0.2) is 0 Å². The number of amides is 1. The predicted molar refractivity (Wildman–Crippen MR) is 88.4 cm³/mol. The van der Waals surface area contributed by atoms with Gasteiger partial charge >= 0.3 is 0 Å². The molecule has 1 aromatic heterocycles. The third-order valence-electron chi connectivity index (χ3n) is 4.38. The van der Waals surface area contributed by atoms with Crippen LogP contribution in [-0.2, 0) is 0 Å². The molecule has 1 N–H and O–H groups in total. The van der Waals surface area contributed by atoms with E-state index in [0.29, 0.717) is 11.7 Å². The summed E-state index contributed by atoms with van der Waals surface area (Å²) in [5.74, 6) is 0.828. The van der Waals surface area contributed by atoms with Crippen molar-refractivity contribution in [2.75, 3.05) is 19.6 Å². The summed E-state index contributed by atoms with van der Waals surface area (Å²) in [5, 5.41) is 3.59. The van der Waals surface area contributed by atoms with Gasteiger partial charge in [-0.1, -0.05) is 6.07 Å². The second-order valence-electron chi connectivity index (χ2n) is 5.55. The van der Waals surface area contributed by atoms with E-state index in [1.54, 1.807) is 12.3 Å². The molecule has 1 unspecified atom stereocenters. The van der Waals surface area contributed by atoms with E-state index in [1.807, 2.05) is 17.0 Å². The summed E-state index contributed by atoms with van der Waals surface area (Å²) in [6, 6.07) is 6.20. The Hall–Kier alpha value is -0.840. The average Bonchev–Trinajstić information content (AvgIpc) is 3.02. The van der Waals surface area contributed by atoms with Gasteiger partial charge in [0.25, 0.3) is 5.91 Å². The number of piperidine rings is 1. The Balaban J connectivity index is 0.00000110. The quantitative estimate of drug-likeness (QED) is 0.905. The summed E-state index contributed by atoms with van der Waals surface area (Å²) in [6.07, 6.45) is 6.53. The largest absolute Gasteiger partial charge is 0.337 e. The summed E-state index contributed by atoms with van der Waals surface area (Å²) in [5.41, 5.74) is 0.569. The van der Waals surface area contributed by atoms with E-state index < -0.39 is 0 Å². The summed E-state index contributed by atoms with van der Waals surface area (Å²) < 4.78 is 0. The second kappa shape index (κ2) is 8.57. The van der Waals surface area contributed by atoms with Crippen LogP contribution in [0, 0.1) is 5.92 Å². The summed E-state index contributed by atoms with van der Waals surface area (Å²) in [7, 11) is 0. The maximum absolute atomic E-state index is 12.3. The van der Waals surface area contributed by atoms with Gasteiger partial charge in [-0.25, -0.2) is 0 Å². The van der Waals surface area contributed by atoms with Crippen molar-refractivity contribution >= 4 is 30.7 Å². The van der Waals surface area contributed by atoms with Crippen LogP contribution in [0.4, 0.5) is 0 Å². The molecule has 2 fully saturated rings. The molecule has 118 valence electrons. The lowest BCUT2D eigenvalue weighted by Gasteiger charge is -2.34. The van der Waals surface area contributed by atoms with Crippen molar-refractivity contribution in [3.8, 4) is 0 Å². The molecule has 0 aliphatic carbocycles. The van der Waals surface area contributed by atoms with Gasteiger partial charge in [0.2, 0.25) is 0 Å². The minimum Gasteiger partial charge on any atom is -0.337 e. The lowest BCUT2D eigenvalue weighted by atomic mass is 9.88. The lowest BCUT2D eigenvalue weighted by molar-refractivity contribution is 0.0668. The van der Waals surface area contributed by atoms with E-state index in [4.69, 9.17) is 0 Å². The predicted octanol–water partition coefficient (Wildman–Crippen LogP) is 2.53. The minimum absolute atomic E-state index is 0. The van der Waals surface area contributed by atoms with Gasteiger partial charge in [-0.3, -0.25) is 9.78 Å². The third kappa shape index (κ3) is 4.31. The van der Waals surface area contributed by atoms with E-state index in [0.717, 1.165) is 38.4 Å². The molecular formula is C15H23Cl2N3O. The highest BCUT2D eigenvalue weighted by atomic mass is 35.5. The van der Waals surface area contributed by atoms with E-state index in [2.05, 4.69) is 10.3 Å². The van der Waals surface area contributed by atoms with Gasteiger partial charge in [-0.2, -0.15) is 0 Å². The number of aromatic nitrogens is 1. The first-order valence-electron chi connectivity index (χ1n) is 7.28. The number of carbonyl (C=O) groups is 1. The SMILES string of the molecule is Cl.Cl.O=C(c1ccccn1)N1CCC(C2CCCN2)CC1. The van der Waals surface area contributed by atoms with Crippen LogP contribution in [0.3, 0.4) is 0 Å². The zero-order chi connectivity index (χ0) is 13.1. The van der Waals surface area contributed by atoms with E-state index in [9.17, 15) is 4.79 Å². The van der Waals surface area contributed by atoms with E-state index >= 15 is 0 Å². The maximum atomic E-state index is 12.3. The molecule has 6 heteroatoms. The zero-order valence-electron chi connectivity index (χ0n) is 12.0. The van der Waals surface area contributed by atoms with Gasteiger partial charge in [-0.15, -0.1) is 24.8 Å². The van der Waals surface area contributed by atoms with Crippen LogP contribution in [0.15, 0.2) is 24.4 Å². The molecule has 3 heterocycles. The standard InChI is InChI=1S/C15H21N3O.2ClH/c19-15(14-4-1-2-8-17-14)18-10-6-12(7-11-18)13-5-3-9-16-13;;/h1-2,4,8,12-13,16H,3,5-7,9-11H2;2*1H. The van der Waals surface area contributed by atoms with Crippen molar-refractivity contribution in [3.05, 3.63) is 30.1 Å². The summed E-state index contributed by atoms with van der Waals surface area (Å²) in [6.45, 7) is 2.91. The van der Waals surface area contributed by atoms with Crippen molar-refractivity contribution in [2.45, 2.75) is 31.7 Å². The maximum Gasteiger partial charge on any atom is 0.272 e. The molecule has 1 atom stereocenters. The fourth-order valence-electron chi connectivity index (χ4n) is 3.27. The number of hydrogen-bond acceptors (Lipinski definition) is 3. The molecule has 3 rings (SSSR count). The first kappa shape index (κ1) is 18.2. The first-order valence-corrected chi connectivity index (χ1v) is 7.28. The second-order valence-corrected chi connectivity index (χ2v) is 5.55. The number of nitrogens with zero attached hydrogens (tertiary/aromatic N) is 2. The number of carbonyl (C=O) groups excluding carboxylic acids is 1. The molecule has 1 amide bonds. The monoisotopic (exact) mass is 331 g/mol. The Morgan fingerprint density at radius 3 is 2.52 bits per heavy atom. The topological polar surface area (TPSA) is 45.2 Å². The average molecular weight is 332 g/mol. The normalized spacial score (nSPS) is 22.3. The highest BCUT2D eigenvalue weighted by molar-refractivity contribution is 5.92. The van der Waals surface area contributed by atoms with Gasteiger partial charge in [-0.05, 0) is 50.3 Å². The smallest absolute Gasteiger partial charge is 0.272 e. The Labute approximate surface area is 138 Å². The minimum atomic E-state index is 0. The fourth-order valence-corrected chi connectivity index (χ4v) is 3.27. The molecule has 2 aliphatic heterocycles. The van der Waals surface area contributed by atoms with Gasteiger partial charge in [0.1, 0.15) is 5.69 Å². The highest BCUT2D eigenvalue weighted by Crippen LogP contribution is 2.26. The van der Waals surface area contributed by atoms with Gasteiger partial charge in [0, 0.05) is 25.3 Å². The molecule has 21 heavy (non-hydrogen) atoms. The number of halogens is 2. The highest BCUT2D eigenvalue weighted by Gasteiger charge is 2.30. The van der Waals surface area contributed by atoms with Crippen LogP contribution in [-0.4, -0.2) is 41.5 Å². The van der Waals surface area contributed by atoms with Crippen molar-refractivity contribution in [2.24, 2.45) is 5.92 Å². The van der Waals surface area contributed by atoms with Crippen LogP contribution in [0.2, 0.25) is 0 Å². The molecular weight excluding hydrogens is 309 g/mol. The number of pyridine rings is 1. The molecule has 2 aliphatic rings. The van der Waals surface area contributed by atoms with Crippen molar-refractivity contribution in [1.29, 1.82) is 0 Å². The molecule has 2 saturated heterocycles. The van der Waals surface area contributed by atoms with Gasteiger partial charge < -0.3 is 10.2 Å². The molecule has 0 bridgehead atoms. The number of nitrogens with one attached hydrogen (secondary N) is 1. The molecule has 1 aromatic rings. The van der Waals surface area contributed by atoms with Crippen LogP contribution >= 0.6 is 24.8 Å². The molecule has 0 radical (unpaired) electrons. The number of hydrogen-bond donors (Lipinski definition) is 1. The van der Waals surface area contributed by atoms with Crippen molar-refractivity contribution < 1.29 is 4.79 Å². The molecule has 4 nitrogen and oxygen atoms in total. The lowest BCUT2D eigenvalue weighted by Crippen LogP contribution is -2.43. The zero-order valence-corrected chi connectivity index (χ0v) is 13.7. The molecule has 0 aromatic carbocycles. The third-order valence-corrected chi connectivity index (χ3v) is 4.38. The van der Waals surface area contributed by atoms with E-state index in [-0.39, 0.29) is 30.7 Å². The summed E-state index contributed by atoms with van der Waals surface area (Å²) >= 11 is 0. The summed E-state index contributed by atoms with van der Waals surface area (Å²) in [4.78, 5) is 18.4. The Morgan fingerprint density at radius 2 is 1.95 bits per heavy atom. The van der Waals surface area contributed by atoms with Gasteiger partial charge in [0.05, 0.1) is 0 Å². The number of rotatable bonds is 2. The Kier molecular flexibility index (Phi) is 7.43. The van der Waals surface area contributed by atoms with Crippen molar-refractivity contribution in [1.82, 2.24) is 15.2 Å².